The number of thiazole rings is 1. The van der Waals surface area contributed by atoms with Gasteiger partial charge in [-0.05, 0) is 13.0 Å². The Kier molecular flexibility index (Phi) is 5.09. The van der Waals surface area contributed by atoms with Gasteiger partial charge >= 0.3 is 0 Å². The predicted molar refractivity (Wildman–Crippen MR) is 85.2 cm³/mol. The molecule has 20 heavy (non-hydrogen) atoms. The number of hydrogen-bond donors (Lipinski definition) is 1. The molecule has 0 atom stereocenters. The lowest BCUT2D eigenvalue weighted by atomic mass is 10.2. The molecule has 108 valence electrons. The van der Waals surface area contributed by atoms with Crippen molar-refractivity contribution in [1.82, 2.24) is 15.3 Å². The monoisotopic (exact) mass is 290 g/mol. The zero-order chi connectivity index (χ0) is 14.5. The standard InChI is InChI=1S/C15H22N4S/c1-11(2)17-8-13-7-16-6-5-15(13)19(4)9-14-10-20-12(3)18-14/h5-7,10-11,17H,8-9H2,1-4H3. The first-order valence-corrected chi connectivity index (χ1v) is 7.72. The van der Waals surface area contributed by atoms with Crippen molar-refractivity contribution >= 4 is 17.0 Å². The van der Waals surface area contributed by atoms with Crippen molar-refractivity contribution in [3.05, 3.63) is 40.1 Å². The van der Waals surface area contributed by atoms with E-state index in [1.165, 1.54) is 11.3 Å². The molecule has 1 N–H and O–H groups in total. The average molecular weight is 290 g/mol. The number of anilines is 1. The predicted octanol–water partition coefficient (Wildman–Crippen LogP) is 2.98. The summed E-state index contributed by atoms with van der Waals surface area (Å²) in [5.41, 5.74) is 3.55. The highest BCUT2D eigenvalue weighted by molar-refractivity contribution is 7.09. The third kappa shape index (κ3) is 4.02. The van der Waals surface area contributed by atoms with E-state index in [0.29, 0.717) is 6.04 Å². The van der Waals surface area contributed by atoms with Gasteiger partial charge in [-0.3, -0.25) is 4.98 Å². The van der Waals surface area contributed by atoms with E-state index in [1.54, 1.807) is 11.3 Å². The number of aryl methyl sites for hydroxylation is 1. The highest BCUT2D eigenvalue weighted by Gasteiger charge is 2.10. The molecule has 0 saturated heterocycles. The number of hydrogen-bond acceptors (Lipinski definition) is 5. The van der Waals surface area contributed by atoms with Gasteiger partial charge in [0.15, 0.2) is 0 Å². The molecule has 0 spiro atoms. The van der Waals surface area contributed by atoms with E-state index in [2.05, 4.69) is 52.5 Å². The van der Waals surface area contributed by atoms with E-state index in [-0.39, 0.29) is 0 Å². The van der Waals surface area contributed by atoms with Crippen LogP contribution in [0.2, 0.25) is 0 Å². The Hall–Kier alpha value is -1.46. The van der Waals surface area contributed by atoms with Crippen LogP contribution < -0.4 is 10.2 Å². The van der Waals surface area contributed by atoms with Gasteiger partial charge in [0.1, 0.15) is 0 Å². The lowest BCUT2D eigenvalue weighted by Gasteiger charge is -2.22. The Balaban J connectivity index is 2.10. The molecule has 2 aromatic rings. The van der Waals surface area contributed by atoms with Crippen molar-refractivity contribution in [2.75, 3.05) is 11.9 Å². The average Bonchev–Trinajstić information content (AvgIpc) is 2.82. The summed E-state index contributed by atoms with van der Waals surface area (Å²) in [6.45, 7) is 8.00. The van der Waals surface area contributed by atoms with Gasteiger partial charge < -0.3 is 10.2 Å². The second kappa shape index (κ2) is 6.81. The summed E-state index contributed by atoms with van der Waals surface area (Å²) in [5.74, 6) is 0. The molecule has 0 aliphatic rings. The molecule has 0 unspecified atom stereocenters. The van der Waals surface area contributed by atoms with Crippen molar-refractivity contribution in [2.45, 2.75) is 39.9 Å². The molecule has 5 heteroatoms. The Bertz CT molecular complexity index is 550. The number of nitrogens with zero attached hydrogens (tertiary/aromatic N) is 3. The molecule has 2 aromatic heterocycles. The topological polar surface area (TPSA) is 41.1 Å². The van der Waals surface area contributed by atoms with Crippen LogP contribution in [0.15, 0.2) is 23.8 Å². The van der Waals surface area contributed by atoms with Crippen LogP contribution in [0.4, 0.5) is 5.69 Å². The van der Waals surface area contributed by atoms with Gasteiger partial charge in [-0.2, -0.15) is 0 Å². The third-order valence-corrected chi connectivity index (χ3v) is 3.88. The minimum Gasteiger partial charge on any atom is -0.368 e. The van der Waals surface area contributed by atoms with Crippen LogP contribution in [0.5, 0.6) is 0 Å². The van der Waals surface area contributed by atoms with Crippen LogP contribution in [-0.4, -0.2) is 23.1 Å². The summed E-state index contributed by atoms with van der Waals surface area (Å²) in [7, 11) is 2.10. The fraction of sp³-hybridized carbons (Fsp3) is 0.467. The normalized spacial score (nSPS) is 11.1. The molecule has 4 nitrogen and oxygen atoms in total. The quantitative estimate of drug-likeness (QED) is 0.888. The number of aromatic nitrogens is 2. The van der Waals surface area contributed by atoms with Crippen molar-refractivity contribution in [3.8, 4) is 0 Å². The van der Waals surface area contributed by atoms with Crippen LogP contribution in [0.3, 0.4) is 0 Å². The molecule has 0 aliphatic heterocycles. The molecule has 0 saturated carbocycles. The minimum atomic E-state index is 0.467. The smallest absolute Gasteiger partial charge is 0.0898 e. The van der Waals surface area contributed by atoms with Crippen LogP contribution in [0.1, 0.15) is 30.1 Å². The third-order valence-electron chi connectivity index (χ3n) is 3.06. The van der Waals surface area contributed by atoms with Crippen molar-refractivity contribution in [1.29, 1.82) is 0 Å². The molecule has 0 aliphatic carbocycles. The van der Waals surface area contributed by atoms with Gasteiger partial charge in [-0.25, -0.2) is 4.98 Å². The molecule has 0 aromatic carbocycles. The van der Waals surface area contributed by atoms with Crippen LogP contribution in [0, 0.1) is 6.92 Å². The van der Waals surface area contributed by atoms with Crippen LogP contribution in [-0.2, 0) is 13.1 Å². The Morgan fingerprint density at radius 1 is 1.40 bits per heavy atom. The zero-order valence-electron chi connectivity index (χ0n) is 12.6. The lowest BCUT2D eigenvalue weighted by molar-refractivity contribution is 0.587. The molecule has 0 radical (unpaired) electrons. The Labute approximate surface area is 124 Å². The second-order valence-corrected chi connectivity index (χ2v) is 6.32. The molecular formula is C15H22N4S. The van der Waals surface area contributed by atoms with E-state index in [0.717, 1.165) is 23.8 Å². The highest BCUT2D eigenvalue weighted by atomic mass is 32.1. The summed E-state index contributed by atoms with van der Waals surface area (Å²) < 4.78 is 0. The number of rotatable bonds is 6. The first kappa shape index (κ1) is 14.9. The van der Waals surface area contributed by atoms with Crippen LogP contribution >= 0.6 is 11.3 Å². The van der Waals surface area contributed by atoms with Gasteiger partial charge in [-0.15, -0.1) is 11.3 Å². The number of nitrogens with one attached hydrogen (secondary N) is 1. The number of pyridine rings is 1. The Morgan fingerprint density at radius 2 is 2.20 bits per heavy atom. The maximum absolute atomic E-state index is 4.53. The summed E-state index contributed by atoms with van der Waals surface area (Å²) in [4.78, 5) is 11.0. The van der Waals surface area contributed by atoms with Crippen molar-refractivity contribution in [2.24, 2.45) is 0 Å². The van der Waals surface area contributed by atoms with Crippen molar-refractivity contribution < 1.29 is 0 Å². The summed E-state index contributed by atoms with van der Waals surface area (Å²) in [5, 5.41) is 6.68. The van der Waals surface area contributed by atoms with Gasteiger partial charge in [0.25, 0.3) is 0 Å². The first-order chi connectivity index (χ1) is 9.56. The molecule has 2 heterocycles. The summed E-state index contributed by atoms with van der Waals surface area (Å²) in [6, 6.07) is 2.53. The fourth-order valence-electron chi connectivity index (χ4n) is 2.05. The van der Waals surface area contributed by atoms with E-state index < -0.39 is 0 Å². The molecular weight excluding hydrogens is 268 g/mol. The Morgan fingerprint density at radius 3 is 2.85 bits per heavy atom. The maximum Gasteiger partial charge on any atom is 0.0898 e. The van der Waals surface area contributed by atoms with E-state index in [9.17, 15) is 0 Å². The van der Waals surface area contributed by atoms with Crippen LogP contribution in [0.25, 0.3) is 0 Å². The molecule has 0 fully saturated rings. The SMILES string of the molecule is Cc1nc(CN(C)c2ccncc2CNC(C)C)cs1. The van der Waals surface area contributed by atoms with Gasteiger partial charge in [-0.1, -0.05) is 13.8 Å². The second-order valence-electron chi connectivity index (χ2n) is 5.25. The van der Waals surface area contributed by atoms with Crippen molar-refractivity contribution in [3.63, 3.8) is 0 Å². The van der Waals surface area contributed by atoms with Gasteiger partial charge in [0.2, 0.25) is 0 Å². The fourth-order valence-corrected chi connectivity index (χ4v) is 2.66. The zero-order valence-corrected chi connectivity index (χ0v) is 13.4. The maximum atomic E-state index is 4.53. The lowest BCUT2D eigenvalue weighted by Crippen LogP contribution is -2.24. The summed E-state index contributed by atoms with van der Waals surface area (Å²) >= 11 is 1.70. The molecule has 0 amide bonds. The van der Waals surface area contributed by atoms with Gasteiger partial charge in [0, 0.05) is 48.7 Å². The van der Waals surface area contributed by atoms with E-state index in [4.69, 9.17) is 0 Å². The minimum absolute atomic E-state index is 0.467. The highest BCUT2D eigenvalue weighted by Crippen LogP contribution is 2.20. The summed E-state index contributed by atoms with van der Waals surface area (Å²) in [6.07, 6.45) is 3.78. The molecule has 2 rings (SSSR count). The van der Waals surface area contributed by atoms with E-state index in [1.807, 2.05) is 19.3 Å². The first-order valence-electron chi connectivity index (χ1n) is 6.84. The van der Waals surface area contributed by atoms with Gasteiger partial charge in [0.05, 0.1) is 17.2 Å². The largest absolute Gasteiger partial charge is 0.368 e. The molecule has 0 bridgehead atoms. The van der Waals surface area contributed by atoms with E-state index >= 15 is 0 Å².